The molecule has 0 spiro atoms. The number of carbonyl (C=O) groups excluding carboxylic acids is 1. The molecule has 0 unspecified atom stereocenters. The van der Waals surface area contributed by atoms with Crippen LogP contribution in [-0.4, -0.2) is 57.9 Å². The van der Waals surface area contributed by atoms with Crippen molar-refractivity contribution in [3.63, 3.8) is 0 Å². The molecule has 2 aromatic carbocycles. The second-order valence-corrected chi connectivity index (χ2v) is 8.60. The van der Waals surface area contributed by atoms with E-state index in [1.54, 1.807) is 24.3 Å². The number of anilines is 1. The van der Waals surface area contributed by atoms with Crippen molar-refractivity contribution < 1.29 is 13.2 Å². The van der Waals surface area contributed by atoms with E-state index in [9.17, 15) is 13.2 Å². The number of sulfonamides is 1. The average Bonchev–Trinajstić information content (AvgIpc) is 2.70. The van der Waals surface area contributed by atoms with Gasteiger partial charge in [0.15, 0.2) is 0 Å². The van der Waals surface area contributed by atoms with Gasteiger partial charge in [0.2, 0.25) is 0 Å². The monoisotopic (exact) mass is 415 g/mol. The van der Waals surface area contributed by atoms with Gasteiger partial charge in [-0.1, -0.05) is 37.3 Å². The number of carbonyl (C=O) groups is 1. The van der Waals surface area contributed by atoms with Gasteiger partial charge in [0.1, 0.15) is 0 Å². The largest absolute Gasteiger partial charge is 0.337 e. The Morgan fingerprint density at radius 1 is 0.966 bits per heavy atom. The molecule has 0 atom stereocenters. The lowest BCUT2D eigenvalue weighted by Crippen LogP contribution is -2.37. The maximum Gasteiger partial charge on any atom is 0.255 e. The number of nitrogens with one attached hydrogen (secondary N) is 1. The highest BCUT2D eigenvalue weighted by molar-refractivity contribution is 7.95. The highest BCUT2D eigenvalue weighted by Gasteiger charge is 2.15. The van der Waals surface area contributed by atoms with Crippen molar-refractivity contribution in [2.24, 2.45) is 0 Å². The van der Waals surface area contributed by atoms with Crippen molar-refractivity contribution in [1.29, 1.82) is 0 Å². The number of benzene rings is 2. The zero-order valence-corrected chi connectivity index (χ0v) is 18.0. The molecule has 0 aliphatic rings. The molecular formula is C22H29N3O3S. The molecule has 29 heavy (non-hydrogen) atoms. The molecule has 0 heterocycles. The summed E-state index contributed by atoms with van der Waals surface area (Å²) in [5, 5.41) is 1.13. The second kappa shape index (κ2) is 10.8. The molecule has 0 fully saturated rings. The molecular weight excluding hydrogens is 386 g/mol. The molecule has 0 saturated carbocycles. The standard InChI is InChI=1S/C22H29N3O3S/c1-4-15-25(17-16-24(2)3)22(26)20-10-12-21(13-11-20)23-29(27,28)18-14-19-8-6-5-7-9-19/h5-14,18,23H,4,15-17H2,1-3H3/b18-14+. The molecule has 2 rings (SSSR count). The minimum atomic E-state index is -3.64. The SMILES string of the molecule is CCCN(CCN(C)C)C(=O)c1ccc(NS(=O)(=O)/C=C/c2ccccc2)cc1. The van der Waals surface area contributed by atoms with E-state index in [0.717, 1.165) is 23.9 Å². The highest BCUT2D eigenvalue weighted by atomic mass is 32.2. The van der Waals surface area contributed by atoms with Crippen LogP contribution in [0.3, 0.4) is 0 Å². The van der Waals surface area contributed by atoms with Crippen LogP contribution in [0.15, 0.2) is 60.0 Å². The summed E-state index contributed by atoms with van der Waals surface area (Å²) in [5.74, 6) is -0.0490. The van der Waals surface area contributed by atoms with E-state index in [2.05, 4.69) is 4.72 Å². The highest BCUT2D eigenvalue weighted by Crippen LogP contribution is 2.14. The first-order valence-corrected chi connectivity index (χ1v) is 11.2. The fourth-order valence-corrected chi connectivity index (χ4v) is 3.57. The first-order valence-electron chi connectivity index (χ1n) is 9.61. The van der Waals surface area contributed by atoms with Gasteiger partial charge < -0.3 is 9.80 Å². The van der Waals surface area contributed by atoms with Gasteiger partial charge >= 0.3 is 0 Å². The number of nitrogens with zero attached hydrogens (tertiary/aromatic N) is 2. The van der Waals surface area contributed by atoms with Gasteiger partial charge in [-0.15, -0.1) is 0 Å². The number of hydrogen-bond acceptors (Lipinski definition) is 4. The lowest BCUT2D eigenvalue weighted by Gasteiger charge is -2.24. The Balaban J connectivity index is 2.04. The molecule has 0 bridgehead atoms. The van der Waals surface area contributed by atoms with Gasteiger partial charge in [-0.2, -0.15) is 0 Å². The first-order chi connectivity index (χ1) is 13.8. The topological polar surface area (TPSA) is 69.7 Å². The van der Waals surface area contributed by atoms with E-state index >= 15 is 0 Å². The third kappa shape index (κ3) is 7.71. The van der Waals surface area contributed by atoms with Crippen LogP contribution < -0.4 is 4.72 Å². The van der Waals surface area contributed by atoms with E-state index in [4.69, 9.17) is 0 Å². The van der Waals surface area contributed by atoms with E-state index in [1.165, 1.54) is 6.08 Å². The van der Waals surface area contributed by atoms with Crippen LogP contribution in [0, 0.1) is 0 Å². The van der Waals surface area contributed by atoms with Gasteiger partial charge in [-0.25, -0.2) is 8.42 Å². The Hall–Kier alpha value is -2.64. The third-order valence-electron chi connectivity index (χ3n) is 4.23. The normalized spacial score (nSPS) is 11.7. The van der Waals surface area contributed by atoms with Crippen LogP contribution in [0.2, 0.25) is 0 Å². The molecule has 6 nitrogen and oxygen atoms in total. The van der Waals surface area contributed by atoms with Crippen LogP contribution in [0.5, 0.6) is 0 Å². The number of likely N-dealkylation sites (N-methyl/N-ethyl adjacent to an activating group) is 1. The summed E-state index contributed by atoms with van der Waals surface area (Å²) in [4.78, 5) is 16.6. The van der Waals surface area contributed by atoms with Crippen LogP contribution in [0.4, 0.5) is 5.69 Å². The Kier molecular flexibility index (Phi) is 8.42. The molecule has 7 heteroatoms. The molecule has 0 aromatic heterocycles. The van der Waals surface area contributed by atoms with Crippen molar-refractivity contribution in [2.45, 2.75) is 13.3 Å². The predicted octanol–water partition coefficient (Wildman–Crippen LogP) is 3.51. The number of amides is 1. The molecule has 156 valence electrons. The smallest absolute Gasteiger partial charge is 0.255 e. The van der Waals surface area contributed by atoms with Crippen molar-refractivity contribution in [3.8, 4) is 0 Å². The Morgan fingerprint density at radius 3 is 2.21 bits per heavy atom. The zero-order valence-electron chi connectivity index (χ0n) is 17.2. The lowest BCUT2D eigenvalue weighted by molar-refractivity contribution is 0.0745. The second-order valence-electron chi connectivity index (χ2n) is 7.03. The van der Waals surface area contributed by atoms with Gasteiger partial charge in [-0.3, -0.25) is 9.52 Å². The molecule has 2 aromatic rings. The number of hydrogen-bond donors (Lipinski definition) is 1. The fourth-order valence-electron chi connectivity index (χ4n) is 2.70. The van der Waals surface area contributed by atoms with Crippen LogP contribution in [0.25, 0.3) is 6.08 Å². The van der Waals surface area contributed by atoms with E-state index < -0.39 is 10.0 Å². The summed E-state index contributed by atoms with van der Waals surface area (Å²) in [5.41, 5.74) is 1.75. The van der Waals surface area contributed by atoms with Crippen LogP contribution in [0.1, 0.15) is 29.3 Å². The molecule has 0 radical (unpaired) electrons. The number of rotatable bonds is 10. The minimum Gasteiger partial charge on any atom is -0.337 e. The summed E-state index contributed by atoms with van der Waals surface area (Å²) in [7, 11) is 0.307. The van der Waals surface area contributed by atoms with Gasteiger partial charge in [0.25, 0.3) is 15.9 Å². The molecule has 0 aliphatic carbocycles. The van der Waals surface area contributed by atoms with Crippen molar-refractivity contribution >= 4 is 27.7 Å². The van der Waals surface area contributed by atoms with Crippen molar-refractivity contribution in [2.75, 3.05) is 38.5 Å². The summed E-state index contributed by atoms with van der Waals surface area (Å²) in [6.07, 6.45) is 2.42. The fraction of sp³-hybridized carbons (Fsp3) is 0.318. The maximum absolute atomic E-state index is 12.8. The van der Waals surface area contributed by atoms with Gasteiger partial charge in [0, 0.05) is 30.9 Å². The zero-order chi connectivity index (χ0) is 21.3. The quantitative estimate of drug-likeness (QED) is 0.645. The summed E-state index contributed by atoms with van der Waals surface area (Å²) in [6, 6.07) is 15.7. The Bertz CT molecular complexity index is 908. The molecule has 1 amide bonds. The van der Waals surface area contributed by atoms with E-state index in [-0.39, 0.29) is 5.91 Å². The van der Waals surface area contributed by atoms with Crippen molar-refractivity contribution in [1.82, 2.24) is 9.80 Å². The first kappa shape index (κ1) is 22.6. The Labute approximate surface area is 173 Å². The summed E-state index contributed by atoms with van der Waals surface area (Å²) >= 11 is 0. The van der Waals surface area contributed by atoms with Crippen molar-refractivity contribution in [3.05, 3.63) is 71.1 Å². The van der Waals surface area contributed by atoms with Crippen LogP contribution >= 0.6 is 0 Å². The maximum atomic E-state index is 12.8. The lowest BCUT2D eigenvalue weighted by atomic mass is 10.1. The summed E-state index contributed by atoms with van der Waals surface area (Å²) < 4.78 is 27.0. The predicted molar refractivity (Wildman–Crippen MR) is 119 cm³/mol. The van der Waals surface area contributed by atoms with E-state index in [0.29, 0.717) is 24.3 Å². The molecule has 1 N–H and O–H groups in total. The molecule has 0 aliphatic heterocycles. The summed E-state index contributed by atoms with van der Waals surface area (Å²) in [6.45, 7) is 4.16. The van der Waals surface area contributed by atoms with Gasteiger partial charge in [-0.05, 0) is 56.4 Å². The average molecular weight is 416 g/mol. The Morgan fingerprint density at radius 2 is 1.62 bits per heavy atom. The third-order valence-corrected chi connectivity index (χ3v) is 5.24. The van der Waals surface area contributed by atoms with Gasteiger partial charge in [0.05, 0.1) is 5.41 Å². The van der Waals surface area contributed by atoms with Crippen LogP contribution in [-0.2, 0) is 10.0 Å². The minimum absolute atomic E-state index is 0.0490. The van der Waals surface area contributed by atoms with E-state index in [1.807, 2.05) is 61.2 Å². The molecule has 0 saturated heterocycles.